The number of nitrogens with zero attached hydrogens (tertiary/aromatic N) is 3. The van der Waals surface area contributed by atoms with E-state index in [0.29, 0.717) is 25.4 Å². The number of urea groups is 1. The summed E-state index contributed by atoms with van der Waals surface area (Å²) in [5.41, 5.74) is 2.67. The Hall–Kier alpha value is -2.76. The number of halogens is 1. The van der Waals surface area contributed by atoms with Crippen LogP contribution in [0.4, 0.5) is 20.6 Å². The van der Waals surface area contributed by atoms with Gasteiger partial charge in [0.05, 0.1) is 0 Å². The number of rotatable bonds is 7. The molecular formula is C23H30FN3O2. The minimum atomic E-state index is -0.281. The highest BCUT2D eigenvalue weighted by Gasteiger charge is 2.17. The van der Waals surface area contributed by atoms with Crippen molar-refractivity contribution in [3.8, 4) is 5.75 Å². The Morgan fingerprint density at radius 2 is 1.72 bits per heavy atom. The van der Waals surface area contributed by atoms with Gasteiger partial charge in [-0.1, -0.05) is 12.1 Å². The van der Waals surface area contributed by atoms with Gasteiger partial charge >= 0.3 is 6.03 Å². The molecule has 0 unspecified atom stereocenters. The molecule has 6 heteroatoms. The SMILES string of the molecule is CCN(CC)C(=O)N(C)c1ccc(COc2cc(F)cc(N3CCCC3)c2)cc1. The predicted molar refractivity (Wildman–Crippen MR) is 115 cm³/mol. The molecule has 1 fully saturated rings. The summed E-state index contributed by atoms with van der Waals surface area (Å²) in [6, 6.07) is 12.5. The molecule has 3 rings (SSSR count). The first-order valence-electron chi connectivity index (χ1n) is 10.3. The first kappa shape index (κ1) is 21.0. The van der Waals surface area contributed by atoms with Crippen molar-refractivity contribution in [1.82, 2.24) is 4.90 Å². The quantitative estimate of drug-likeness (QED) is 0.664. The number of carbonyl (C=O) groups is 1. The van der Waals surface area contributed by atoms with Gasteiger partial charge in [0.1, 0.15) is 18.2 Å². The van der Waals surface area contributed by atoms with E-state index in [2.05, 4.69) is 4.90 Å². The Morgan fingerprint density at radius 3 is 2.34 bits per heavy atom. The van der Waals surface area contributed by atoms with Crippen molar-refractivity contribution >= 4 is 17.4 Å². The van der Waals surface area contributed by atoms with Crippen LogP contribution < -0.4 is 14.5 Å². The van der Waals surface area contributed by atoms with Crippen molar-refractivity contribution in [2.45, 2.75) is 33.3 Å². The molecule has 0 aliphatic carbocycles. The lowest BCUT2D eigenvalue weighted by molar-refractivity contribution is 0.211. The number of hydrogen-bond acceptors (Lipinski definition) is 3. The van der Waals surface area contributed by atoms with Crippen molar-refractivity contribution in [2.24, 2.45) is 0 Å². The molecule has 5 nitrogen and oxygen atoms in total. The van der Waals surface area contributed by atoms with E-state index in [0.717, 1.165) is 42.9 Å². The van der Waals surface area contributed by atoms with Gasteiger partial charge in [-0.2, -0.15) is 0 Å². The van der Waals surface area contributed by atoms with E-state index >= 15 is 0 Å². The highest BCUT2D eigenvalue weighted by Crippen LogP contribution is 2.27. The molecule has 29 heavy (non-hydrogen) atoms. The average molecular weight is 400 g/mol. The zero-order valence-corrected chi connectivity index (χ0v) is 17.5. The summed E-state index contributed by atoms with van der Waals surface area (Å²) in [7, 11) is 1.78. The molecule has 0 radical (unpaired) electrons. The Balaban J connectivity index is 1.62. The lowest BCUT2D eigenvalue weighted by atomic mass is 10.2. The smallest absolute Gasteiger partial charge is 0.324 e. The molecule has 0 spiro atoms. The average Bonchev–Trinajstić information content (AvgIpc) is 3.27. The highest BCUT2D eigenvalue weighted by atomic mass is 19.1. The van der Waals surface area contributed by atoms with Crippen LogP contribution in [-0.4, -0.2) is 44.2 Å². The van der Waals surface area contributed by atoms with Gasteiger partial charge in [0.2, 0.25) is 0 Å². The molecule has 0 aromatic heterocycles. The van der Waals surface area contributed by atoms with E-state index in [4.69, 9.17) is 4.74 Å². The number of ether oxygens (including phenoxy) is 1. The third-order valence-corrected chi connectivity index (χ3v) is 5.38. The van der Waals surface area contributed by atoms with Crippen molar-refractivity contribution in [2.75, 3.05) is 43.0 Å². The first-order chi connectivity index (χ1) is 14.0. The first-order valence-corrected chi connectivity index (χ1v) is 10.3. The fraction of sp³-hybridized carbons (Fsp3) is 0.435. The highest BCUT2D eigenvalue weighted by molar-refractivity contribution is 5.91. The molecule has 0 atom stereocenters. The second-order valence-corrected chi connectivity index (χ2v) is 7.31. The Morgan fingerprint density at radius 1 is 1.07 bits per heavy atom. The molecule has 2 aromatic rings. The van der Waals surface area contributed by atoms with Crippen LogP contribution in [0.5, 0.6) is 5.75 Å². The molecule has 1 aliphatic rings. The van der Waals surface area contributed by atoms with Gasteiger partial charge in [-0.25, -0.2) is 9.18 Å². The van der Waals surface area contributed by atoms with E-state index in [-0.39, 0.29) is 11.8 Å². The normalized spacial score (nSPS) is 13.4. The fourth-order valence-corrected chi connectivity index (χ4v) is 3.59. The third kappa shape index (κ3) is 5.19. The summed E-state index contributed by atoms with van der Waals surface area (Å²) >= 11 is 0. The van der Waals surface area contributed by atoms with E-state index in [1.54, 1.807) is 22.9 Å². The molecule has 1 saturated heterocycles. The van der Waals surface area contributed by atoms with Gasteiger partial charge in [-0.3, -0.25) is 4.90 Å². The van der Waals surface area contributed by atoms with E-state index in [1.165, 1.54) is 6.07 Å². The van der Waals surface area contributed by atoms with Crippen LogP contribution in [0.25, 0.3) is 0 Å². The molecule has 0 saturated carbocycles. The minimum absolute atomic E-state index is 0.0202. The zero-order chi connectivity index (χ0) is 20.8. The van der Waals surface area contributed by atoms with Crippen molar-refractivity contribution in [3.05, 3.63) is 53.8 Å². The minimum Gasteiger partial charge on any atom is -0.489 e. The third-order valence-electron chi connectivity index (χ3n) is 5.38. The maximum absolute atomic E-state index is 14.0. The second kappa shape index (κ2) is 9.63. The molecule has 0 bridgehead atoms. The monoisotopic (exact) mass is 399 g/mol. The zero-order valence-electron chi connectivity index (χ0n) is 17.5. The largest absolute Gasteiger partial charge is 0.489 e. The summed E-state index contributed by atoms with van der Waals surface area (Å²) < 4.78 is 19.8. The molecule has 156 valence electrons. The number of anilines is 2. The van der Waals surface area contributed by atoms with E-state index < -0.39 is 0 Å². The maximum atomic E-state index is 14.0. The van der Waals surface area contributed by atoms with Gasteiger partial charge < -0.3 is 14.5 Å². The summed E-state index contributed by atoms with van der Waals surface area (Å²) in [4.78, 5) is 18.1. The van der Waals surface area contributed by atoms with Gasteiger partial charge in [-0.15, -0.1) is 0 Å². The van der Waals surface area contributed by atoms with Crippen LogP contribution in [0, 0.1) is 5.82 Å². The standard InChI is InChI=1S/C23H30FN3O2/c1-4-26(5-2)23(28)25(3)20-10-8-18(9-11-20)17-29-22-15-19(24)14-21(16-22)27-12-6-7-13-27/h8-11,14-16H,4-7,12-13,17H2,1-3H3. The van der Waals surface area contributed by atoms with E-state index in [1.807, 2.05) is 44.2 Å². The van der Waals surface area contributed by atoms with Crippen LogP contribution in [0.1, 0.15) is 32.3 Å². The molecule has 0 N–H and O–H groups in total. The predicted octanol–water partition coefficient (Wildman–Crippen LogP) is 4.90. The maximum Gasteiger partial charge on any atom is 0.324 e. The summed E-state index contributed by atoms with van der Waals surface area (Å²) in [5.74, 6) is 0.251. The molecule has 2 aromatic carbocycles. The number of amides is 2. The lowest BCUT2D eigenvalue weighted by Crippen LogP contribution is -2.41. The molecule has 1 aliphatic heterocycles. The van der Waals surface area contributed by atoms with Gasteiger partial charge in [0.15, 0.2) is 0 Å². The number of benzene rings is 2. The van der Waals surface area contributed by atoms with Crippen LogP contribution >= 0.6 is 0 Å². The molecule has 2 amide bonds. The lowest BCUT2D eigenvalue weighted by Gasteiger charge is -2.26. The van der Waals surface area contributed by atoms with Crippen LogP contribution in [0.2, 0.25) is 0 Å². The number of carbonyl (C=O) groups excluding carboxylic acids is 1. The fourth-order valence-electron chi connectivity index (χ4n) is 3.59. The van der Waals surface area contributed by atoms with Crippen LogP contribution in [-0.2, 0) is 6.61 Å². The van der Waals surface area contributed by atoms with Crippen LogP contribution in [0.15, 0.2) is 42.5 Å². The van der Waals surface area contributed by atoms with Crippen molar-refractivity contribution in [1.29, 1.82) is 0 Å². The Bertz CT molecular complexity index is 815. The summed E-state index contributed by atoms with van der Waals surface area (Å²) in [6.07, 6.45) is 2.29. The molecule has 1 heterocycles. The van der Waals surface area contributed by atoms with Crippen LogP contribution in [0.3, 0.4) is 0 Å². The van der Waals surface area contributed by atoms with Crippen molar-refractivity contribution < 1.29 is 13.9 Å². The van der Waals surface area contributed by atoms with Gasteiger partial charge in [0.25, 0.3) is 0 Å². The second-order valence-electron chi connectivity index (χ2n) is 7.31. The van der Waals surface area contributed by atoms with E-state index in [9.17, 15) is 9.18 Å². The van der Waals surface area contributed by atoms with Crippen molar-refractivity contribution in [3.63, 3.8) is 0 Å². The summed E-state index contributed by atoms with van der Waals surface area (Å²) in [5, 5.41) is 0. The summed E-state index contributed by atoms with van der Waals surface area (Å²) in [6.45, 7) is 7.57. The van der Waals surface area contributed by atoms with Gasteiger partial charge in [-0.05, 0) is 50.5 Å². The number of hydrogen-bond donors (Lipinski definition) is 0. The topological polar surface area (TPSA) is 36.0 Å². The molecular weight excluding hydrogens is 369 g/mol. The Labute approximate surface area is 172 Å². The Kier molecular flexibility index (Phi) is 6.96. The van der Waals surface area contributed by atoms with Gasteiger partial charge in [0, 0.05) is 56.7 Å².